The average Bonchev–Trinajstić information content (AvgIpc) is 2.83. The second-order valence-electron chi connectivity index (χ2n) is 3.25. The average molecular weight is 231 g/mol. The minimum atomic E-state index is -0.137. The molecule has 0 fully saturated rings. The van der Waals surface area contributed by atoms with Gasteiger partial charge in [0.05, 0.1) is 11.3 Å². The zero-order chi connectivity index (χ0) is 12.3. The van der Waals surface area contributed by atoms with Crippen molar-refractivity contribution < 1.29 is 9.90 Å². The standard InChI is InChI=1S/C10H9N5O2/c1-6-9(17)8(4-16)7(2-11-6)3-12-10-13-5-14-15-10/h2-5,17H,1H3,(H,13,14,15)/b12-3+. The minimum Gasteiger partial charge on any atom is -0.505 e. The van der Waals surface area contributed by atoms with Gasteiger partial charge in [0.15, 0.2) is 6.29 Å². The number of pyridine rings is 1. The number of aromatic hydroxyl groups is 1. The summed E-state index contributed by atoms with van der Waals surface area (Å²) in [4.78, 5) is 22.6. The van der Waals surface area contributed by atoms with Gasteiger partial charge in [-0.25, -0.2) is 10.1 Å². The SMILES string of the molecule is Cc1ncc(/C=N/c2ncn[nH]2)c(C=O)c1O. The Bertz CT molecular complexity index is 562. The van der Waals surface area contributed by atoms with Gasteiger partial charge in [0.1, 0.15) is 12.1 Å². The van der Waals surface area contributed by atoms with E-state index in [2.05, 4.69) is 25.2 Å². The molecule has 0 aromatic carbocycles. The van der Waals surface area contributed by atoms with Gasteiger partial charge in [-0.05, 0) is 6.92 Å². The molecule has 86 valence electrons. The zero-order valence-corrected chi connectivity index (χ0v) is 8.95. The number of aromatic amines is 1. The topological polar surface area (TPSA) is 104 Å². The van der Waals surface area contributed by atoms with Crippen LogP contribution in [0.1, 0.15) is 21.6 Å². The van der Waals surface area contributed by atoms with Crippen molar-refractivity contribution in [1.82, 2.24) is 20.2 Å². The molecule has 2 rings (SSSR count). The first-order valence-corrected chi connectivity index (χ1v) is 4.75. The number of aryl methyl sites for hydroxylation is 1. The van der Waals surface area contributed by atoms with E-state index < -0.39 is 0 Å². The number of hydrogen-bond donors (Lipinski definition) is 2. The van der Waals surface area contributed by atoms with Gasteiger partial charge in [-0.2, -0.15) is 10.1 Å². The van der Waals surface area contributed by atoms with E-state index in [0.29, 0.717) is 23.5 Å². The van der Waals surface area contributed by atoms with Gasteiger partial charge in [0.25, 0.3) is 0 Å². The lowest BCUT2D eigenvalue weighted by Crippen LogP contribution is -1.96. The summed E-state index contributed by atoms with van der Waals surface area (Å²) in [5.74, 6) is 0.170. The van der Waals surface area contributed by atoms with Crippen LogP contribution in [0.2, 0.25) is 0 Å². The number of aromatic nitrogens is 4. The molecule has 0 saturated heterocycles. The van der Waals surface area contributed by atoms with Gasteiger partial charge in [0, 0.05) is 18.0 Å². The summed E-state index contributed by atoms with van der Waals surface area (Å²) in [6.45, 7) is 1.61. The van der Waals surface area contributed by atoms with Crippen molar-refractivity contribution in [2.24, 2.45) is 4.99 Å². The highest BCUT2D eigenvalue weighted by atomic mass is 16.3. The Kier molecular flexibility index (Phi) is 2.91. The van der Waals surface area contributed by atoms with Crippen LogP contribution in [0.4, 0.5) is 5.95 Å². The smallest absolute Gasteiger partial charge is 0.245 e. The van der Waals surface area contributed by atoms with Crippen LogP contribution in [0.15, 0.2) is 17.5 Å². The summed E-state index contributed by atoms with van der Waals surface area (Å²) in [5, 5.41) is 15.8. The second kappa shape index (κ2) is 4.52. The molecule has 0 saturated carbocycles. The van der Waals surface area contributed by atoms with Gasteiger partial charge in [-0.1, -0.05) is 0 Å². The molecule has 0 radical (unpaired) electrons. The van der Waals surface area contributed by atoms with Crippen LogP contribution in [-0.2, 0) is 0 Å². The van der Waals surface area contributed by atoms with Gasteiger partial charge in [-0.15, -0.1) is 0 Å². The Balaban J connectivity index is 2.39. The van der Waals surface area contributed by atoms with Gasteiger partial charge in [0.2, 0.25) is 5.95 Å². The third-order valence-electron chi connectivity index (χ3n) is 2.15. The Morgan fingerprint density at radius 2 is 2.29 bits per heavy atom. The maximum atomic E-state index is 10.9. The predicted molar refractivity (Wildman–Crippen MR) is 59.7 cm³/mol. The number of rotatable bonds is 3. The van der Waals surface area contributed by atoms with Crippen LogP contribution in [0, 0.1) is 6.92 Å². The molecule has 7 heteroatoms. The van der Waals surface area contributed by atoms with Crippen LogP contribution in [0.25, 0.3) is 0 Å². The molecule has 17 heavy (non-hydrogen) atoms. The van der Waals surface area contributed by atoms with Crippen LogP contribution >= 0.6 is 0 Å². The number of hydrogen-bond acceptors (Lipinski definition) is 6. The number of nitrogens with zero attached hydrogens (tertiary/aromatic N) is 4. The highest BCUT2D eigenvalue weighted by molar-refractivity contribution is 5.95. The molecule has 2 N–H and O–H groups in total. The molecule has 7 nitrogen and oxygen atoms in total. The summed E-state index contributed by atoms with van der Waals surface area (Å²) in [6.07, 6.45) is 4.72. The molecule has 0 spiro atoms. The largest absolute Gasteiger partial charge is 0.505 e. The zero-order valence-electron chi connectivity index (χ0n) is 8.95. The lowest BCUT2D eigenvalue weighted by atomic mass is 10.1. The van der Waals surface area contributed by atoms with Crippen molar-refractivity contribution in [1.29, 1.82) is 0 Å². The van der Waals surface area contributed by atoms with Crippen molar-refractivity contribution in [3.63, 3.8) is 0 Å². The number of carbonyl (C=O) groups excluding carboxylic acids is 1. The summed E-state index contributed by atoms with van der Waals surface area (Å²) in [7, 11) is 0. The Hall–Kier alpha value is -2.57. The first-order valence-electron chi connectivity index (χ1n) is 4.75. The summed E-state index contributed by atoms with van der Waals surface area (Å²) >= 11 is 0. The molecule has 0 atom stereocenters. The predicted octanol–water partition coefficient (Wildman–Crippen LogP) is 0.777. The molecule has 0 amide bonds. The third-order valence-corrected chi connectivity index (χ3v) is 2.15. The molecule has 2 aromatic heterocycles. The van der Waals surface area contributed by atoms with Crippen LogP contribution in [-0.4, -0.2) is 37.8 Å². The molecule has 0 aliphatic rings. The van der Waals surface area contributed by atoms with Gasteiger partial charge < -0.3 is 5.11 Å². The quantitative estimate of drug-likeness (QED) is 0.599. The molecular formula is C10H9N5O2. The summed E-state index contributed by atoms with van der Waals surface area (Å²) < 4.78 is 0. The molecule has 0 unspecified atom stereocenters. The molecule has 2 aromatic rings. The van der Waals surface area contributed by atoms with Crippen molar-refractivity contribution in [2.75, 3.05) is 0 Å². The maximum absolute atomic E-state index is 10.9. The summed E-state index contributed by atoms with van der Waals surface area (Å²) in [5.41, 5.74) is 0.962. The second-order valence-corrected chi connectivity index (χ2v) is 3.25. The highest BCUT2D eigenvalue weighted by Gasteiger charge is 2.09. The lowest BCUT2D eigenvalue weighted by Gasteiger charge is -2.03. The van der Waals surface area contributed by atoms with E-state index in [1.54, 1.807) is 6.92 Å². The van der Waals surface area contributed by atoms with E-state index in [-0.39, 0.29) is 11.3 Å². The molecule has 0 aliphatic carbocycles. The van der Waals surface area contributed by atoms with E-state index in [9.17, 15) is 9.90 Å². The molecular weight excluding hydrogens is 222 g/mol. The lowest BCUT2D eigenvalue weighted by molar-refractivity contribution is 0.112. The fourth-order valence-corrected chi connectivity index (χ4v) is 1.25. The van der Waals surface area contributed by atoms with E-state index in [4.69, 9.17) is 0 Å². The third kappa shape index (κ3) is 2.17. The van der Waals surface area contributed by atoms with Crippen molar-refractivity contribution >= 4 is 18.4 Å². The Morgan fingerprint density at radius 3 is 2.94 bits per heavy atom. The van der Waals surface area contributed by atoms with E-state index in [1.165, 1.54) is 18.7 Å². The Morgan fingerprint density at radius 1 is 1.47 bits per heavy atom. The number of carbonyl (C=O) groups is 1. The fraction of sp³-hybridized carbons (Fsp3) is 0.100. The van der Waals surface area contributed by atoms with Crippen LogP contribution in [0.3, 0.4) is 0 Å². The number of H-pyrrole nitrogens is 1. The number of aldehydes is 1. The summed E-state index contributed by atoms with van der Waals surface area (Å²) in [6, 6.07) is 0. The van der Waals surface area contributed by atoms with Gasteiger partial charge in [-0.3, -0.25) is 9.78 Å². The van der Waals surface area contributed by atoms with Crippen molar-refractivity contribution in [2.45, 2.75) is 6.92 Å². The number of aliphatic imine (C=N–C) groups is 1. The van der Waals surface area contributed by atoms with Crippen molar-refractivity contribution in [3.8, 4) is 5.75 Å². The number of nitrogens with one attached hydrogen (secondary N) is 1. The minimum absolute atomic E-state index is 0.137. The van der Waals surface area contributed by atoms with E-state index in [1.807, 2.05) is 0 Å². The monoisotopic (exact) mass is 231 g/mol. The van der Waals surface area contributed by atoms with Crippen LogP contribution in [0.5, 0.6) is 5.75 Å². The first-order chi connectivity index (χ1) is 8.22. The first kappa shape index (κ1) is 10.9. The normalized spacial score (nSPS) is 10.9. The fourth-order valence-electron chi connectivity index (χ4n) is 1.25. The molecule has 0 aliphatic heterocycles. The Labute approximate surface area is 96.3 Å². The van der Waals surface area contributed by atoms with Crippen LogP contribution < -0.4 is 0 Å². The van der Waals surface area contributed by atoms with Crippen molar-refractivity contribution in [3.05, 3.63) is 29.3 Å². The van der Waals surface area contributed by atoms with Gasteiger partial charge >= 0.3 is 0 Å². The molecule has 0 bridgehead atoms. The maximum Gasteiger partial charge on any atom is 0.245 e. The van der Waals surface area contributed by atoms with E-state index >= 15 is 0 Å². The molecule has 2 heterocycles. The van der Waals surface area contributed by atoms with E-state index in [0.717, 1.165) is 0 Å². The highest BCUT2D eigenvalue weighted by Crippen LogP contribution is 2.20.